The normalized spacial score (nSPS) is 15.8. The van der Waals surface area contributed by atoms with Gasteiger partial charge in [0.15, 0.2) is 0 Å². The van der Waals surface area contributed by atoms with Crippen LogP contribution in [-0.2, 0) is 17.8 Å². The maximum Gasteiger partial charge on any atom is 0.242 e. The van der Waals surface area contributed by atoms with Crippen molar-refractivity contribution in [1.82, 2.24) is 15.1 Å². The molecule has 4 rings (SSSR count). The topological polar surface area (TPSA) is 95.2 Å². The molecule has 0 aliphatic carbocycles. The Kier molecular flexibility index (Phi) is 4.98. The minimum Gasteiger partial charge on any atom is -0.391 e. The highest BCUT2D eigenvalue weighted by Gasteiger charge is 2.30. The number of nitrogens with one attached hydrogen (secondary N) is 1. The summed E-state index contributed by atoms with van der Waals surface area (Å²) < 4.78 is 0. The van der Waals surface area contributed by atoms with Gasteiger partial charge in [0.25, 0.3) is 0 Å². The Labute approximate surface area is 164 Å². The Balaban J connectivity index is 1.59. The smallest absolute Gasteiger partial charge is 0.242 e. The molecule has 0 bridgehead atoms. The number of aromatic amines is 1. The third kappa shape index (κ3) is 3.44. The predicted octanol–water partition coefficient (Wildman–Crippen LogP) is 2.34. The molecule has 1 aromatic heterocycles. The van der Waals surface area contributed by atoms with Crippen LogP contribution in [0.15, 0.2) is 54.6 Å². The van der Waals surface area contributed by atoms with Gasteiger partial charge in [-0.1, -0.05) is 54.6 Å². The largest absolute Gasteiger partial charge is 0.391 e. The van der Waals surface area contributed by atoms with E-state index in [1.165, 1.54) is 12.5 Å². The lowest BCUT2D eigenvalue weighted by Gasteiger charge is -2.30. The second kappa shape index (κ2) is 7.58. The summed E-state index contributed by atoms with van der Waals surface area (Å²) in [4.78, 5) is 14.2. The van der Waals surface area contributed by atoms with Crippen LogP contribution in [0, 0.1) is 0 Å². The Bertz CT molecular complexity index is 964. The maximum absolute atomic E-state index is 12.5. The number of H-pyrrole nitrogens is 1. The van der Waals surface area contributed by atoms with Crippen LogP contribution in [0.4, 0.5) is 0 Å². The molecule has 0 radical (unpaired) electrons. The van der Waals surface area contributed by atoms with Crippen molar-refractivity contribution < 1.29 is 9.90 Å². The van der Waals surface area contributed by atoms with Gasteiger partial charge < -0.3 is 15.7 Å². The van der Waals surface area contributed by atoms with Gasteiger partial charge in [0.2, 0.25) is 5.91 Å². The third-order valence-corrected chi connectivity index (χ3v) is 5.32. The fourth-order valence-electron chi connectivity index (χ4n) is 3.59. The van der Waals surface area contributed by atoms with E-state index < -0.39 is 12.1 Å². The van der Waals surface area contributed by atoms with Crippen molar-refractivity contribution in [2.75, 3.05) is 6.54 Å². The van der Waals surface area contributed by atoms with Crippen LogP contribution in [0.1, 0.15) is 18.2 Å². The Morgan fingerprint density at radius 3 is 2.43 bits per heavy atom. The molecule has 2 atom stereocenters. The van der Waals surface area contributed by atoms with E-state index in [1.807, 2.05) is 18.2 Å². The molecule has 1 aliphatic heterocycles. The molecule has 4 N–H and O–H groups in total. The highest BCUT2D eigenvalue weighted by Crippen LogP contribution is 2.30. The van der Waals surface area contributed by atoms with Crippen molar-refractivity contribution in [1.29, 1.82) is 0 Å². The average Bonchev–Trinajstić information content (AvgIpc) is 3.16. The number of nitrogens with two attached hydrogens (primary N) is 1. The summed E-state index contributed by atoms with van der Waals surface area (Å²) in [6.07, 6.45) is -0.175. The highest BCUT2D eigenvalue weighted by atomic mass is 16.3. The zero-order valence-corrected chi connectivity index (χ0v) is 15.8. The molecule has 2 aromatic carbocycles. The van der Waals surface area contributed by atoms with Gasteiger partial charge >= 0.3 is 0 Å². The van der Waals surface area contributed by atoms with E-state index >= 15 is 0 Å². The second-order valence-corrected chi connectivity index (χ2v) is 7.25. The minimum atomic E-state index is -0.901. The van der Waals surface area contributed by atoms with Gasteiger partial charge in [0.1, 0.15) is 6.04 Å². The lowest BCUT2D eigenvalue weighted by molar-refractivity contribution is -0.135. The second-order valence-electron chi connectivity index (χ2n) is 7.25. The molecular formula is C22H24N4O2. The van der Waals surface area contributed by atoms with E-state index in [4.69, 9.17) is 5.73 Å². The molecule has 1 amide bonds. The number of benzene rings is 2. The molecule has 0 saturated carbocycles. The molecule has 0 unspecified atom stereocenters. The van der Waals surface area contributed by atoms with Crippen LogP contribution in [0.5, 0.6) is 0 Å². The van der Waals surface area contributed by atoms with Crippen molar-refractivity contribution in [2.24, 2.45) is 5.73 Å². The number of carbonyl (C=O) groups excluding carboxylic acids is 1. The molecule has 144 valence electrons. The van der Waals surface area contributed by atoms with Crippen LogP contribution in [0.3, 0.4) is 0 Å². The van der Waals surface area contributed by atoms with Crippen LogP contribution in [-0.4, -0.2) is 44.8 Å². The molecule has 3 aromatic rings. The number of amides is 1. The molecule has 1 aliphatic rings. The molecule has 28 heavy (non-hydrogen) atoms. The summed E-state index contributed by atoms with van der Waals surface area (Å²) in [6.45, 7) is 2.55. The Hall–Kier alpha value is -2.96. The predicted molar refractivity (Wildman–Crippen MR) is 108 cm³/mol. The summed E-state index contributed by atoms with van der Waals surface area (Å²) in [5.74, 6) is -0.229. The van der Waals surface area contributed by atoms with E-state index in [2.05, 4.69) is 46.6 Å². The van der Waals surface area contributed by atoms with Gasteiger partial charge in [-0.2, -0.15) is 5.10 Å². The first-order valence-electron chi connectivity index (χ1n) is 9.49. The lowest BCUT2D eigenvalue weighted by Crippen LogP contribution is -2.50. The van der Waals surface area contributed by atoms with E-state index in [9.17, 15) is 9.90 Å². The summed E-state index contributed by atoms with van der Waals surface area (Å²) in [6, 6.07) is 17.6. The van der Waals surface area contributed by atoms with Crippen LogP contribution in [0.25, 0.3) is 22.4 Å². The Morgan fingerprint density at radius 1 is 1.11 bits per heavy atom. The zero-order chi connectivity index (χ0) is 19.7. The zero-order valence-electron chi connectivity index (χ0n) is 15.8. The van der Waals surface area contributed by atoms with Crippen LogP contribution >= 0.6 is 0 Å². The van der Waals surface area contributed by atoms with Crippen molar-refractivity contribution in [3.05, 3.63) is 65.9 Å². The van der Waals surface area contributed by atoms with E-state index in [1.54, 1.807) is 4.90 Å². The number of aromatic nitrogens is 2. The number of nitrogens with zero attached hydrogens (tertiary/aromatic N) is 2. The Morgan fingerprint density at radius 2 is 1.75 bits per heavy atom. The lowest BCUT2D eigenvalue weighted by atomic mass is 9.98. The van der Waals surface area contributed by atoms with Gasteiger partial charge in [-0.3, -0.25) is 9.89 Å². The first-order valence-corrected chi connectivity index (χ1v) is 9.49. The number of aliphatic hydroxyl groups is 1. The first kappa shape index (κ1) is 18.4. The number of fused-ring (bicyclic) bond motifs is 1. The SMILES string of the molecule is C[C@@H](O)[C@H](N)C(=O)N1CCc2[nH]nc(-c3ccc(-c4ccccc4)cc3)c2C1. The fraction of sp³-hybridized carbons (Fsp3) is 0.273. The highest BCUT2D eigenvalue weighted by molar-refractivity contribution is 5.83. The minimum absolute atomic E-state index is 0.229. The van der Waals surface area contributed by atoms with Crippen LogP contribution in [0.2, 0.25) is 0 Å². The van der Waals surface area contributed by atoms with Gasteiger partial charge in [-0.05, 0) is 18.1 Å². The van der Waals surface area contributed by atoms with Crippen molar-refractivity contribution in [3.63, 3.8) is 0 Å². The molecule has 0 saturated heterocycles. The summed E-state index contributed by atoms with van der Waals surface area (Å²) in [5.41, 5.74) is 12.1. The first-order chi connectivity index (χ1) is 13.5. The van der Waals surface area contributed by atoms with E-state index in [0.29, 0.717) is 19.5 Å². The van der Waals surface area contributed by atoms with Gasteiger partial charge in [0.05, 0.1) is 11.8 Å². The number of hydrogen-bond acceptors (Lipinski definition) is 4. The summed E-state index contributed by atoms with van der Waals surface area (Å²) >= 11 is 0. The molecule has 0 spiro atoms. The van der Waals surface area contributed by atoms with Gasteiger partial charge in [-0.25, -0.2) is 0 Å². The standard InChI is InChI=1S/C22H24N4O2/c1-14(27)20(23)22(28)26-12-11-19-18(13-26)21(25-24-19)17-9-7-16(8-10-17)15-5-3-2-4-6-15/h2-10,14,20,27H,11-13,23H2,1H3,(H,24,25)/t14-,20+/m1/s1. The maximum atomic E-state index is 12.5. The van der Waals surface area contributed by atoms with Crippen molar-refractivity contribution >= 4 is 5.91 Å². The molecule has 2 heterocycles. The van der Waals surface area contributed by atoms with Gasteiger partial charge in [-0.15, -0.1) is 0 Å². The number of rotatable bonds is 4. The van der Waals surface area contributed by atoms with Crippen molar-refractivity contribution in [2.45, 2.75) is 32.0 Å². The fourth-order valence-corrected chi connectivity index (χ4v) is 3.59. The molecule has 6 nitrogen and oxygen atoms in total. The van der Waals surface area contributed by atoms with Crippen LogP contribution < -0.4 is 5.73 Å². The van der Waals surface area contributed by atoms with E-state index in [-0.39, 0.29) is 5.91 Å². The van der Waals surface area contributed by atoms with Gasteiger partial charge in [0, 0.05) is 36.3 Å². The van der Waals surface area contributed by atoms with Crippen molar-refractivity contribution in [3.8, 4) is 22.4 Å². The average molecular weight is 376 g/mol. The number of carbonyl (C=O) groups is 1. The quantitative estimate of drug-likeness (QED) is 0.651. The molecular weight excluding hydrogens is 352 g/mol. The summed E-state index contributed by atoms with van der Waals surface area (Å²) in [5, 5.41) is 17.3. The number of aliphatic hydroxyl groups excluding tert-OH is 1. The number of hydrogen-bond donors (Lipinski definition) is 3. The van der Waals surface area contributed by atoms with E-state index in [0.717, 1.165) is 28.1 Å². The monoisotopic (exact) mass is 376 g/mol. The molecule has 0 fully saturated rings. The summed E-state index contributed by atoms with van der Waals surface area (Å²) in [7, 11) is 0. The molecule has 6 heteroatoms. The third-order valence-electron chi connectivity index (χ3n) is 5.32.